The summed E-state index contributed by atoms with van der Waals surface area (Å²) in [6.45, 7) is 8.28. The molecule has 1 aromatic heterocycles. The maximum absolute atomic E-state index is 14.1. The molecule has 1 aliphatic heterocycles. The zero-order chi connectivity index (χ0) is 14.3. The minimum absolute atomic E-state index is 0.346. The summed E-state index contributed by atoms with van der Waals surface area (Å²) in [6.07, 6.45) is 1.49. The van der Waals surface area contributed by atoms with Crippen molar-refractivity contribution in [2.45, 2.75) is 45.4 Å². The van der Waals surface area contributed by atoms with Crippen LogP contribution >= 0.6 is 0 Å². The number of aromatic nitrogens is 1. The maximum atomic E-state index is 14.1. The first kappa shape index (κ1) is 14.4. The van der Waals surface area contributed by atoms with Gasteiger partial charge in [-0.05, 0) is 40.8 Å². The molecule has 2 heterocycles. The first-order valence-corrected chi connectivity index (χ1v) is 6.41. The molecule has 1 aromatic rings. The molecule has 6 heteroatoms. The topological polar surface area (TPSA) is 43.4 Å². The van der Waals surface area contributed by atoms with Gasteiger partial charge in [0.25, 0.3) is 0 Å². The van der Waals surface area contributed by atoms with E-state index >= 15 is 0 Å². The van der Waals surface area contributed by atoms with Crippen molar-refractivity contribution in [3.8, 4) is 0 Å². The molecule has 1 aliphatic rings. The van der Waals surface area contributed by atoms with Crippen molar-refractivity contribution in [1.29, 1.82) is 0 Å². The van der Waals surface area contributed by atoms with Crippen LogP contribution in [0.15, 0.2) is 12.3 Å². The second-order valence-corrected chi connectivity index (χ2v) is 5.82. The normalized spacial score (nSPS) is 20.8. The summed E-state index contributed by atoms with van der Waals surface area (Å²) in [7, 11) is 1.09. The third-order valence-electron chi connectivity index (χ3n) is 3.80. The van der Waals surface area contributed by atoms with E-state index in [1.54, 1.807) is 7.05 Å². The molecule has 2 rings (SSSR count). The summed E-state index contributed by atoms with van der Waals surface area (Å²) in [5.74, 6) is -0.348. The molecule has 0 spiro atoms. The molecule has 1 fully saturated rings. The number of rotatable bonds is 3. The quantitative estimate of drug-likeness (QED) is 0.836. The van der Waals surface area contributed by atoms with E-state index in [-0.39, 0.29) is 5.82 Å². The maximum Gasteiger partial charge on any atom is 0.499 e. The summed E-state index contributed by atoms with van der Waals surface area (Å²) in [4.78, 5) is 4.21. The van der Waals surface area contributed by atoms with E-state index in [0.29, 0.717) is 17.7 Å². The van der Waals surface area contributed by atoms with Crippen LogP contribution in [0.5, 0.6) is 0 Å². The van der Waals surface area contributed by atoms with E-state index in [0.717, 1.165) is 0 Å². The fourth-order valence-electron chi connectivity index (χ4n) is 1.90. The molecule has 104 valence electrons. The molecule has 1 N–H and O–H groups in total. The van der Waals surface area contributed by atoms with Crippen LogP contribution in [0, 0.1) is 5.82 Å². The van der Waals surface area contributed by atoms with E-state index in [2.05, 4.69) is 10.3 Å². The van der Waals surface area contributed by atoms with Gasteiger partial charge in [0.15, 0.2) is 0 Å². The summed E-state index contributed by atoms with van der Waals surface area (Å²) in [6, 6.07) is 1.41. The number of nitrogens with zero attached hydrogens (tertiary/aromatic N) is 1. The largest absolute Gasteiger partial charge is 0.499 e. The minimum Gasteiger partial charge on any atom is -0.399 e. The number of nitrogens with one attached hydrogen (secondary N) is 1. The molecule has 0 aliphatic carbocycles. The summed E-state index contributed by atoms with van der Waals surface area (Å²) in [5, 5.41) is 2.93. The van der Waals surface area contributed by atoms with Gasteiger partial charge in [0, 0.05) is 18.2 Å². The highest BCUT2D eigenvalue weighted by Gasteiger charge is 2.52. The van der Waals surface area contributed by atoms with E-state index < -0.39 is 18.3 Å². The van der Waals surface area contributed by atoms with Crippen molar-refractivity contribution < 1.29 is 13.7 Å². The SMILES string of the molecule is CNCc1cc(F)c(B2OC(C)(C)C(C)(C)O2)cn1. The second-order valence-electron chi connectivity index (χ2n) is 5.82. The second kappa shape index (κ2) is 4.85. The van der Waals surface area contributed by atoms with E-state index in [1.807, 2.05) is 27.7 Å². The van der Waals surface area contributed by atoms with Gasteiger partial charge in [0.1, 0.15) is 5.82 Å². The van der Waals surface area contributed by atoms with Crippen LogP contribution in [0.2, 0.25) is 0 Å². The van der Waals surface area contributed by atoms with Gasteiger partial charge in [-0.2, -0.15) is 0 Å². The smallest absolute Gasteiger partial charge is 0.399 e. The highest BCUT2D eigenvalue weighted by Crippen LogP contribution is 2.36. The molecule has 0 unspecified atom stereocenters. The van der Waals surface area contributed by atoms with E-state index in [1.165, 1.54) is 12.3 Å². The summed E-state index contributed by atoms with van der Waals surface area (Å²) < 4.78 is 25.7. The van der Waals surface area contributed by atoms with Crippen LogP contribution in [-0.4, -0.2) is 30.4 Å². The lowest BCUT2D eigenvalue weighted by Gasteiger charge is -2.32. The van der Waals surface area contributed by atoms with Crippen LogP contribution in [0.25, 0.3) is 0 Å². The predicted molar refractivity (Wildman–Crippen MR) is 72.7 cm³/mol. The van der Waals surface area contributed by atoms with Crippen molar-refractivity contribution in [2.75, 3.05) is 7.05 Å². The number of hydrogen-bond donors (Lipinski definition) is 1. The number of halogens is 1. The van der Waals surface area contributed by atoms with Crippen LogP contribution in [-0.2, 0) is 15.9 Å². The Morgan fingerprint density at radius 3 is 2.32 bits per heavy atom. The van der Waals surface area contributed by atoms with Crippen molar-refractivity contribution in [3.63, 3.8) is 0 Å². The average Bonchev–Trinajstić information content (AvgIpc) is 2.48. The van der Waals surface area contributed by atoms with E-state index in [4.69, 9.17) is 9.31 Å². The van der Waals surface area contributed by atoms with Gasteiger partial charge in [0.05, 0.1) is 16.9 Å². The molecule has 0 atom stereocenters. The first-order valence-electron chi connectivity index (χ1n) is 6.41. The number of pyridine rings is 1. The van der Waals surface area contributed by atoms with E-state index in [9.17, 15) is 4.39 Å². The Morgan fingerprint density at radius 2 is 1.84 bits per heavy atom. The van der Waals surface area contributed by atoms with Gasteiger partial charge in [-0.1, -0.05) is 0 Å². The van der Waals surface area contributed by atoms with Crippen LogP contribution in [0.1, 0.15) is 33.4 Å². The van der Waals surface area contributed by atoms with Gasteiger partial charge in [-0.15, -0.1) is 0 Å². The molecule has 19 heavy (non-hydrogen) atoms. The summed E-state index contributed by atoms with van der Waals surface area (Å²) in [5.41, 5.74) is 0.0420. The fourth-order valence-corrected chi connectivity index (χ4v) is 1.90. The van der Waals surface area contributed by atoms with Gasteiger partial charge >= 0.3 is 7.12 Å². The van der Waals surface area contributed by atoms with Gasteiger partial charge in [-0.25, -0.2) is 4.39 Å². The third kappa shape index (κ3) is 2.66. The first-order chi connectivity index (χ1) is 8.77. The zero-order valence-electron chi connectivity index (χ0n) is 12.1. The Kier molecular flexibility index (Phi) is 3.68. The van der Waals surface area contributed by atoms with Crippen molar-refractivity contribution >= 4 is 12.6 Å². The van der Waals surface area contributed by atoms with Gasteiger partial charge in [-0.3, -0.25) is 4.98 Å². The molecule has 0 amide bonds. The lowest BCUT2D eigenvalue weighted by Crippen LogP contribution is -2.41. The van der Waals surface area contributed by atoms with Crippen molar-refractivity contribution in [2.24, 2.45) is 0 Å². The lowest BCUT2D eigenvalue weighted by atomic mass is 9.80. The zero-order valence-corrected chi connectivity index (χ0v) is 12.1. The Balaban J connectivity index is 2.25. The third-order valence-corrected chi connectivity index (χ3v) is 3.80. The van der Waals surface area contributed by atoms with Crippen LogP contribution in [0.3, 0.4) is 0 Å². The standard InChI is InChI=1S/C13H20BFN2O2/c1-12(2)13(3,4)19-14(18-12)10-8-17-9(7-16-5)6-11(10)15/h6,8,16H,7H2,1-5H3. The highest BCUT2D eigenvalue weighted by molar-refractivity contribution is 6.62. The van der Waals surface area contributed by atoms with Crippen LogP contribution < -0.4 is 10.8 Å². The lowest BCUT2D eigenvalue weighted by molar-refractivity contribution is 0.00578. The molecule has 0 aromatic carbocycles. The molecule has 0 saturated carbocycles. The van der Waals surface area contributed by atoms with Crippen molar-refractivity contribution in [1.82, 2.24) is 10.3 Å². The monoisotopic (exact) mass is 266 g/mol. The van der Waals surface area contributed by atoms with Crippen LogP contribution in [0.4, 0.5) is 4.39 Å². The minimum atomic E-state index is -0.707. The molecule has 4 nitrogen and oxygen atoms in total. The highest BCUT2D eigenvalue weighted by atomic mass is 19.1. The average molecular weight is 266 g/mol. The Hall–Kier alpha value is -0.975. The van der Waals surface area contributed by atoms with Crippen molar-refractivity contribution in [3.05, 3.63) is 23.8 Å². The molecular weight excluding hydrogens is 246 g/mol. The summed E-state index contributed by atoms with van der Waals surface area (Å²) >= 11 is 0. The number of hydrogen-bond acceptors (Lipinski definition) is 4. The molecular formula is C13H20BFN2O2. The molecule has 1 saturated heterocycles. The Bertz CT molecular complexity index is 464. The van der Waals surface area contributed by atoms with Gasteiger partial charge in [0.2, 0.25) is 0 Å². The van der Waals surface area contributed by atoms with Gasteiger partial charge < -0.3 is 14.6 Å². The Labute approximate surface area is 113 Å². The molecule has 0 radical (unpaired) electrons. The fraction of sp³-hybridized carbons (Fsp3) is 0.615. The Morgan fingerprint density at radius 1 is 1.26 bits per heavy atom. The molecule has 0 bridgehead atoms. The predicted octanol–water partition coefficient (Wildman–Crippen LogP) is 1.24.